The van der Waals surface area contributed by atoms with Crippen molar-refractivity contribution in [1.82, 2.24) is 5.32 Å². The van der Waals surface area contributed by atoms with Crippen LogP contribution in [0, 0.1) is 12.8 Å². The SMILES string of the molecule is COc1cc(COc2ccc(/C=C/C(=O)N[C@@H](C(=O)O)C(C)C)cc2)ccc1C. The minimum absolute atomic E-state index is 0.199. The van der Waals surface area contributed by atoms with E-state index in [2.05, 4.69) is 5.32 Å². The molecule has 0 bridgehead atoms. The number of nitrogens with one attached hydrogen (secondary N) is 1. The van der Waals surface area contributed by atoms with Gasteiger partial charge in [0.05, 0.1) is 7.11 Å². The van der Waals surface area contributed by atoms with E-state index in [-0.39, 0.29) is 5.92 Å². The number of hydrogen-bond acceptors (Lipinski definition) is 4. The molecule has 0 aliphatic carbocycles. The number of aryl methyl sites for hydroxylation is 1. The summed E-state index contributed by atoms with van der Waals surface area (Å²) in [6.07, 6.45) is 2.95. The highest BCUT2D eigenvalue weighted by atomic mass is 16.5. The number of carbonyl (C=O) groups is 2. The Labute approximate surface area is 171 Å². The summed E-state index contributed by atoms with van der Waals surface area (Å²) in [6.45, 7) is 5.89. The summed E-state index contributed by atoms with van der Waals surface area (Å²) in [5.74, 6) is -0.159. The number of carboxylic acids is 1. The quantitative estimate of drug-likeness (QED) is 0.629. The highest BCUT2D eigenvalue weighted by Gasteiger charge is 2.22. The summed E-state index contributed by atoms with van der Waals surface area (Å²) in [5.41, 5.74) is 2.88. The molecule has 0 saturated carbocycles. The van der Waals surface area contributed by atoms with Crippen LogP contribution in [0.3, 0.4) is 0 Å². The van der Waals surface area contributed by atoms with Crippen molar-refractivity contribution in [3.05, 3.63) is 65.2 Å². The maximum Gasteiger partial charge on any atom is 0.326 e. The molecule has 0 aromatic heterocycles. The lowest BCUT2D eigenvalue weighted by Crippen LogP contribution is -2.43. The monoisotopic (exact) mass is 397 g/mol. The van der Waals surface area contributed by atoms with Crippen molar-refractivity contribution in [1.29, 1.82) is 0 Å². The fourth-order valence-corrected chi connectivity index (χ4v) is 2.68. The minimum atomic E-state index is -1.05. The zero-order chi connectivity index (χ0) is 21.4. The molecule has 0 fully saturated rings. The molecule has 154 valence electrons. The molecule has 2 aromatic rings. The maximum absolute atomic E-state index is 11.9. The van der Waals surface area contributed by atoms with Crippen LogP contribution in [0.5, 0.6) is 11.5 Å². The summed E-state index contributed by atoms with van der Waals surface area (Å²) >= 11 is 0. The molecule has 29 heavy (non-hydrogen) atoms. The van der Waals surface area contributed by atoms with Crippen molar-refractivity contribution in [3.8, 4) is 11.5 Å². The zero-order valence-electron chi connectivity index (χ0n) is 17.1. The molecule has 1 amide bonds. The highest BCUT2D eigenvalue weighted by molar-refractivity contribution is 5.94. The largest absolute Gasteiger partial charge is 0.496 e. The van der Waals surface area contributed by atoms with Crippen LogP contribution in [-0.4, -0.2) is 30.1 Å². The van der Waals surface area contributed by atoms with Gasteiger partial charge in [0.2, 0.25) is 5.91 Å². The van der Waals surface area contributed by atoms with E-state index in [1.54, 1.807) is 27.0 Å². The van der Waals surface area contributed by atoms with Crippen molar-refractivity contribution in [2.45, 2.75) is 33.4 Å². The normalized spacial score (nSPS) is 12.0. The third-order valence-corrected chi connectivity index (χ3v) is 4.42. The first kappa shape index (κ1) is 22.0. The van der Waals surface area contributed by atoms with E-state index in [0.717, 1.165) is 22.4 Å². The number of carboxylic acid groups (broad SMARTS) is 1. The molecular weight excluding hydrogens is 370 g/mol. The Balaban J connectivity index is 1.92. The predicted octanol–water partition coefficient (Wildman–Crippen LogP) is 3.82. The third kappa shape index (κ3) is 6.68. The number of ether oxygens (including phenoxy) is 2. The highest BCUT2D eigenvalue weighted by Crippen LogP contribution is 2.21. The second-order valence-corrected chi connectivity index (χ2v) is 7.06. The molecule has 0 spiro atoms. The Kier molecular flexibility index (Phi) is 7.83. The lowest BCUT2D eigenvalue weighted by molar-refractivity contribution is -0.142. The molecular formula is C23H27NO5. The Morgan fingerprint density at radius 2 is 1.83 bits per heavy atom. The van der Waals surface area contributed by atoms with Gasteiger partial charge < -0.3 is 19.9 Å². The van der Waals surface area contributed by atoms with Gasteiger partial charge in [-0.2, -0.15) is 0 Å². The molecule has 2 rings (SSSR count). The number of aliphatic carboxylic acids is 1. The molecule has 2 aromatic carbocycles. The summed E-state index contributed by atoms with van der Waals surface area (Å²) < 4.78 is 11.1. The van der Waals surface area contributed by atoms with Crippen LogP contribution < -0.4 is 14.8 Å². The third-order valence-electron chi connectivity index (χ3n) is 4.42. The predicted molar refractivity (Wildman–Crippen MR) is 112 cm³/mol. The fourth-order valence-electron chi connectivity index (χ4n) is 2.68. The van der Waals surface area contributed by atoms with E-state index in [9.17, 15) is 9.59 Å². The minimum Gasteiger partial charge on any atom is -0.496 e. The number of methoxy groups -OCH3 is 1. The second kappa shape index (κ2) is 10.3. The summed E-state index contributed by atoms with van der Waals surface area (Å²) in [5, 5.41) is 11.6. The Hall–Kier alpha value is -3.28. The van der Waals surface area contributed by atoms with Gasteiger partial charge in [-0.1, -0.05) is 38.1 Å². The number of rotatable bonds is 9. The van der Waals surface area contributed by atoms with E-state index in [4.69, 9.17) is 14.6 Å². The first-order valence-corrected chi connectivity index (χ1v) is 9.38. The van der Waals surface area contributed by atoms with Crippen LogP contribution in [0.4, 0.5) is 0 Å². The molecule has 6 nitrogen and oxygen atoms in total. The van der Waals surface area contributed by atoms with Crippen LogP contribution in [0.15, 0.2) is 48.5 Å². The van der Waals surface area contributed by atoms with Gasteiger partial charge in [0, 0.05) is 6.08 Å². The van der Waals surface area contributed by atoms with Gasteiger partial charge in [-0.3, -0.25) is 4.79 Å². The van der Waals surface area contributed by atoms with Crippen molar-refractivity contribution in [2.24, 2.45) is 5.92 Å². The van der Waals surface area contributed by atoms with E-state index < -0.39 is 17.9 Å². The van der Waals surface area contributed by atoms with E-state index in [1.165, 1.54) is 6.08 Å². The van der Waals surface area contributed by atoms with Gasteiger partial charge in [0.15, 0.2) is 0 Å². The summed E-state index contributed by atoms with van der Waals surface area (Å²) in [6, 6.07) is 12.3. The van der Waals surface area contributed by atoms with Gasteiger partial charge in [-0.25, -0.2) is 4.79 Å². The lowest BCUT2D eigenvalue weighted by Gasteiger charge is -2.16. The van der Waals surface area contributed by atoms with Crippen molar-refractivity contribution < 1.29 is 24.2 Å². The van der Waals surface area contributed by atoms with E-state index in [1.807, 2.05) is 49.4 Å². The van der Waals surface area contributed by atoms with Crippen LogP contribution >= 0.6 is 0 Å². The molecule has 0 saturated heterocycles. The molecule has 1 atom stereocenters. The number of carbonyl (C=O) groups excluding carboxylic acids is 1. The van der Waals surface area contributed by atoms with Gasteiger partial charge in [0.25, 0.3) is 0 Å². The Morgan fingerprint density at radius 3 is 2.41 bits per heavy atom. The van der Waals surface area contributed by atoms with Crippen molar-refractivity contribution in [2.75, 3.05) is 7.11 Å². The van der Waals surface area contributed by atoms with Gasteiger partial charge in [0.1, 0.15) is 24.1 Å². The number of benzene rings is 2. The van der Waals surface area contributed by atoms with Crippen LogP contribution in [0.25, 0.3) is 6.08 Å². The average Bonchev–Trinajstić information content (AvgIpc) is 2.70. The van der Waals surface area contributed by atoms with Crippen LogP contribution in [0.1, 0.15) is 30.5 Å². The molecule has 2 N–H and O–H groups in total. The fraction of sp³-hybridized carbons (Fsp3) is 0.304. The molecule has 6 heteroatoms. The van der Waals surface area contributed by atoms with Gasteiger partial charge in [-0.15, -0.1) is 0 Å². The Bertz CT molecular complexity index is 871. The smallest absolute Gasteiger partial charge is 0.326 e. The first-order chi connectivity index (χ1) is 13.8. The van der Waals surface area contributed by atoms with Gasteiger partial charge in [-0.05, 0) is 53.8 Å². The van der Waals surface area contributed by atoms with Crippen molar-refractivity contribution >= 4 is 18.0 Å². The zero-order valence-corrected chi connectivity index (χ0v) is 17.1. The summed E-state index contributed by atoms with van der Waals surface area (Å²) in [4.78, 5) is 23.1. The molecule has 0 aliphatic heterocycles. The Morgan fingerprint density at radius 1 is 1.14 bits per heavy atom. The van der Waals surface area contributed by atoms with E-state index >= 15 is 0 Å². The number of amides is 1. The molecule has 0 aliphatic rings. The molecule has 0 heterocycles. The van der Waals surface area contributed by atoms with Gasteiger partial charge >= 0.3 is 5.97 Å². The maximum atomic E-state index is 11.9. The van der Waals surface area contributed by atoms with Crippen LogP contribution in [0.2, 0.25) is 0 Å². The lowest BCUT2D eigenvalue weighted by atomic mass is 10.0. The number of hydrogen-bond donors (Lipinski definition) is 2. The molecule has 0 unspecified atom stereocenters. The molecule has 0 radical (unpaired) electrons. The topological polar surface area (TPSA) is 84.9 Å². The summed E-state index contributed by atoms with van der Waals surface area (Å²) in [7, 11) is 1.64. The van der Waals surface area contributed by atoms with Crippen molar-refractivity contribution in [3.63, 3.8) is 0 Å². The van der Waals surface area contributed by atoms with E-state index in [0.29, 0.717) is 12.4 Å². The average molecular weight is 397 g/mol. The second-order valence-electron chi connectivity index (χ2n) is 7.06. The first-order valence-electron chi connectivity index (χ1n) is 9.38. The standard InChI is InChI=1S/C23H27NO5/c1-15(2)22(23(26)27)24-21(25)12-9-17-7-10-19(11-8-17)29-14-18-6-5-16(3)20(13-18)28-4/h5-13,15,22H,14H2,1-4H3,(H,24,25)(H,26,27)/b12-9+/t22-/m1/s1. The van der Waals surface area contributed by atoms with Crippen LogP contribution in [-0.2, 0) is 16.2 Å².